The van der Waals surface area contributed by atoms with Gasteiger partial charge in [-0.1, -0.05) is 23.2 Å². The van der Waals surface area contributed by atoms with Crippen molar-refractivity contribution < 1.29 is 9.15 Å². The zero-order valence-corrected chi connectivity index (χ0v) is 12.8. The zero-order chi connectivity index (χ0) is 15.9. The number of benzene rings is 2. The summed E-state index contributed by atoms with van der Waals surface area (Å²) in [6.45, 7) is 0. The molecule has 0 aliphatic rings. The third-order valence-electron chi connectivity index (χ3n) is 3.16. The van der Waals surface area contributed by atoms with Gasteiger partial charge in [-0.25, -0.2) is 9.36 Å². The second kappa shape index (κ2) is 5.51. The summed E-state index contributed by atoms with van der Waals surface area (Å²) in [6, 6.07) is 9.08. The van der Waals surface area contributed by atoms with Crippen molar-refractivity contribution in [2.24, 2.45) is 0 Å². The van der Waals surface area contributed by atoms with Crippen LogP contribution in [0, 0.1) is 0 Å². The quantitative estimate of drug-likeness (QED) is 0.720. The summed E-state index contributed by atoms with van der Waals surface area (Å²) in [5.74, 6) is -0.327. The lowest BCUT2D eigenvalue weighted by Crippen LogP contribution is -2.30. The van der Waals surface area contributed by atoms with Crippen LogP contribution in [0.2, 0.25) is 10.0 Å². The van der Waals surface area contributed by atoms with E-state index in [0.29, 0.717) is 10.8 Å². The lowest BCUT2D eigenvalue weighted by Gasteiger charge is -2.07. The van der Waals surface area contributed by atoms with Crippen LogP contribution in [-0.2, 0) is 0 Å². The van der Waals surface area contributed by atoms with Crippen molar-refractivity contribution in [2.45, 2.75) is 0 Å². The summed E-state index contributed by atoms with van der Waals surface area (Å²) >= 11 is 11.8. The highest BCUT2D eigenvalue weighted by molar-refractivity contribution is 6.42. The molecule has 0 amide bonds. The molecule has 2 aromatic carbocycles. The van der Waals surface area contributed by atoms with Crippen LogP contribution in [0.4, 0.5) is 0 Å². The number of hydrogen-bond acceptors (Lipinski definition) is 4. The van der Waals surface area contributed by atoms with E-state index in [1.807, 2.05) is 0 Å². The van der Waals surface area contributed by atoms with Crippen LogP contribution in [-0.4, -0.2) is 11.7 Å². The largest absolute Gasteiger partial charge is 0.497 e. The monoisotopic (exact) mass is 337 g/mol. The maximum atomic E-state index is 12.5. The van der Waals surface area contributed by atoms with Crippen molar-refractivity contribution in [3.05, 3.63) is 67.3 Å². The molecule has 0 saturated heterocycles. The summed E-state index contributed by atoms with van der Waals surface area (Å²) in [7, 11) is 1.48. The Bertz CT molecular complexity index is 991. The van der Waals surface area contributed by atoms with Crippen molar-refractivity contribution in [3.8, 4) is 11.4 Å². The van der Waals surface area contributed by atoms with Gasteiger partial charge in [-0.3, -0.25) is 4.79 Å². The van der Waals surface area contributed by atoms with Crippen molar-refractivity contribution in [1.82, 2.24) is 4.57 Å². The predicted octanol–water partition coefficient (Wildman–Crippen LogP) is 3.26. The second-order valence-electron chi connectivity index (χ2n) is 4.47. The first-order valence-corrected chi connectivity index (χ1v) is 6.96. The van der Waals surface area contributed by atoms with Gasteiger partial charge in [0.05, 0.1) is 28.2 Å². The molecule has 0 aliphatic heterocycles. The fourth-order valence-electron chi connectivity index (χ4n) is 2.08. The molecule has 112 valence electrons. The molecule has 7 heteroatoms. The highest BCUT2D eigenvalue weighted by Crippen LogP contribution is 2.24. The standard InChI is InChI=1S/C15H9Cl2NO4/c1-21-9-3-4-10-13(7-9)22-15(20)18(14(10)19)8-2-5-11(16)12(17)6-8/h2-7H,1H3. The van der Waals surface area contributed by atoms with Gasteiger partial charge in [0.2, 0.25) is 0 Å². The Morgan fingerprint density at radius 1 is 1.05 bits per heavy atom. The minimum absolute atomic E-state index is 0.158. The highest BCUT2D eigenvalue weighted by atomic mass is 35.5. The zero-order valence-electron chi connectivity index (χ0n) is 11.3. The summed E-state index contributed by atoms with van der Waals surface area (Å²) in [5.41, 5.74) is -0.0659. The molecule has 0 N–H and O–H groups in total. The average molecular weight is 338 g/mol. The van der Waals surface area contributed by atoms with Gasteiger partial charge in [0.15, 0.2) is 0 Å². The lowest BCUT2D eigenvalue weighted by molar-refractivity contribution is 0.413. The number of hydrogen-bond donors (Lipinski definition) is 0. The third-order valence-corrected chi connectivity index (χ3v) is 3.90. The number of halogens is 2. The molecule has 0 unspecified atom stereocenters. The molecule has 0 radical (unpaired) electrons. The number of ether oxygens (including phenoxy) is 1. The van der Waals surface area contributed by atoms with Gasteiger partial charge >= 0.3 is 5.76 Å². The van der Waals surface area contributed by atoms with Gasteiger partial charge in [-0.05, 0) is 30.3 Å². The predicted molar refractivity (Wildman–Crippen MR) is 84.7 cm³/mol. The summed E-state index contributed by atoms with van der Waals surface area (Å²) < 4.78 is 11.1. The lowest BCUT2D eigenvalue weighted by atomic mass is 10.2. The summed E-state index contributed by atoms with van der Waals surface area (Å²) in [5, 5.41) is 0.820. The molecule has 0 atom stereocenters. The number of methoxy groups -OCH3 is 1. The van der Waals surface area contributed by atoms with Gasteiger partial charge in [0.25, 0.3) is 5.56 Å². The van der Waals surface area contributed by atoms with Gasteiger partial charge in [0.1, 0.15) is 11.3 Å². The fraction of sp³-hybridized carbons (Fsp3) is 0.0667. The minimum atomic E-state index is -0.816. The Balaban J connectivity index is 2.33. The van der Waals surface area contributed by atoms with E-state index < -0.39 is 11.3 Å². The van der Waals surface area contributed by atoms with E-state index in [9.17, 15) is 9.59 Å². The van der Waals surface area contributed by atoms with Crippen molar-refractivity contribution >= 4 is 34.2 Å². The number of nitrogens with zero attached hydrogens (tertiary/aromatic N) is 1. The van der Waals surface area contributed by atoms with Gasteiger partial charge in [-0.15, -0.1) is 0 Å². The van der Waals surface area contributed by atoms with Gasteiger partial charge < -0.3 is 9.15 Å². The van der Waals surface area contributed by atoms with Crippen molar-refractivity contribution in [1.29, 1.82) is 0 Å². The molecule has 0 fully saturated rings. The normalized spacial score (nSPS) is 10.9. The minimum Gasteiger partial charge on any atom is -0.497 e. The van der Waals surface area contributed by atoms with Crippen LogP contribution in [0.1, 0.15) is 0 Å². The molecule has 22 heavy (non-hydrogen) atoms. The Hall–Kier alpha value is -2.24. The Kier molecular flexibility index (Phi) is 3.68. The molecule has 0 saturated carbocycles. The number of rotatable bonds is 2. The van der Waals surface area contributed by atoms with Crippen molar-refractivity contribution in [2.75, 3.05) is 7.11 Å². The van der Waals surface area contributed by atoms with Crippen molar-refractivity contribution in [3.63, 3.8) is 0 Å². The van der Waals surface area contributed by atoms with E-state index in [-0.39, 0.29) is 21.7 Å². The average Bonchev–Trinajstić information content (AvgIpc) is 2.50. The molecule has 0 aliphatic carbocycles. The molecule has 1 heterocycles. The molecule has 0 spiro atoms. The molecular weight excluding hydrogens is 329 g/mol. The molecule has 3 aromatic rings. The van der Waals surface area contributed by atoms with Crippen LogP contribution in [0.5, 0.6) is 5.75 Å². The van der Waals surface area contributed by atoms with E-state index >= 15 is 0 Å². The Labute approximate surface area is 134 Å². The Morgan fingerprint density at radius 2 is 1.82 bits per heavy atom. The first kappa shape index (κ1) is 14.7. The van der Waals surface area contributed by atoms with E-state index in [4.69, 9.17) is 32.4 Å². The maximum absolute atomic E-state index is 12.5. The highest BCUT2D eigenvalue weighted by Gasteiger charge is 2.13. The summed E-state index contributed by atoms with van der Waals surface area (Å²) in [4.78, 5) is 24.7. The molecule has 0 bridgehead atoms. The van der Waals surface area contributed by atoms with Crippen LogP contribution in [0.15, 0.2) is 50.4 Å². The van der Waals surface area contributed by atoms with E-state index in [1.165, 1.54) is 37.4 Å². The van der Waals surface area contributed by atoms with Gasteiger partial charge in [-0.2, -0.15) is 0 Å². The topological polar surface area (TPSA) is 61.4 Å². The first-order valence-electron chi connectivity index (χ1n) is 6.20. The number of aromatic nitrogens is 1. The Morgan fingerprint density at radius 3 is 2.50 bits per heavy atom. The van der Waals surface area contributed by atoms with Gasteiger partial charge in [0, 0.05) is 6.07 Å². The summed E-state index contributed by atoms with van der Waals surface area (Å²) in [6.07, 6.45) is 0. The molecule has 1 aromatic heterocycles. The van der Waals surface area contributed by atoms with Crippen LogP contribution in [0.25, 0.3) is 16.7 Å². The van der Waals surface area contributed by atoms with E-state index in [2.05, 4.69) is 0 Å². The first-order chi connectivity index (χ1) is 10.5. The smallest absolute Gasteiger partial charge is 0.426 e. The van der Waals surface area contributed by atoms with E-state index in [1.54, 1.807) is 6.07 Å². The molecular formula is C15H9Cl2NO4. The molecule has 5 nitrogen and oxygen atoms in total. The maximum Gasteiger partial charge on any atom is 0.426 e. The van der Waals surface area contributed by atoms with Crippen LogP contribution in [0.3, 0.4) is 0 Å². The van der Waals surface area contributed by atoms with Crippen LogP contribution >= 0.6 is 23.2 Å². The van der Waals surface area contributed by atoms with E-state index in [0.717, 1.165) is 4.57 Å². The fourth-order valence-corrected chi connectivity index (χ4v) is 2.37. The second-order valence-corrected chi connectivity index (χ2v) is 5.28. The number of fused-ring (bicyclic) bond motifs is 1. The molecule has 3 rings (SSSR count). The SMILES string of the molecule is COc1ccc2c(=O)n(-c3ccc(Cl)c(Cl)c3)c(=O)oc2c1. The van der Waals surface area contributed by atoms with Crippen LogP contribution < -0.4 is 16.1 Å². The third kappa shape index (κ3) is 2.38.